The molecule has 2 aromatic carbocycles. The largest absolute Gasteiger partial charge is 0.381 e. The van der Waals surface area contributed by atoms with Crippen molar-refractivity contribution in [2.24, 2.45) is 0 Å². The van der Waals surface area contributed by atoms with Crippen LogP contribution in [0, 0.1) is 0 Å². The highest BCUT2D eigenvalue weighted by atomic mass is 35.5. The fourth-order valence-electron chi connectivity index (χ4n) is 5.20. The van der Waals surface area contributed by atoms with E-state index in [4.69, 9.17) is 21.3 Å². The van der Waals surface area contributed by atoms with Gasteiger partial charge in [-0.05, 0) is 55.5 Å². The molecule has 9 nitrogen and oxygen atoms in total. The van der Waals surface area contributed by atoms with Crippen LogP contribution >= 0.6 is 11.6 Å². The molecule has 1 aliphatic rings. The number of urea groups is 1. The van der Waals surface area contributed by atoms with Crippen LogP contribution < -0.4 is 16.0 Å². The Morgan fingerprint density at radius 3 is 2.68 bits per heavy atom. The van der Waals surface area contributed by atoms with Crippen LogP contribution in [-0.4, -0.2) is 46.3 Å². The van der Waals surface area contributed by atoms with E-state index in [1.165, 1.54) is 0 Å². The maximum absolute atomic E-state index is 12.9. The standard InChI is InChI=1S/C31H35ClN6O3/c1-3-28-25(29(36-23-10-12-41-13-11-23)26-18-35-38(4-2)30(26)37-28)17-34-31(40)33-16-20-8-9-27(32)24(15-20)22-7-5-6-21(14-22)19-39/h5-9,14-15,18-19,23H,3-4,10-13,16-17H2,1-2H3,(H,36,37)(H2,33,34,40). The number of carbonyl (C=O) groups excluding carboxylic acids is 2. The van der Waals surface area contributed by atoms with Crippen molar-refractivity contribution in [3.8, 4) is 11.1 Å². The Balaban J connectivity index is 1.32. The third-order valence-electron chi connectivity index (χ3n) is 7.42. The van der Waals surface area contributed by atoms with Crippen LogP contribution in [-0.2, 0) is 30.8 Å². The monoisotopic (exact) mass is 574 g/mol. The zero-order valence-corrected chi connectivity index (χ0v) is 24.1. The number of benzene rings is 2. The van der Waals surface area contributed by atoms with E-state index in [1.807, 2.05) is 35.1 Å². The Bertz CT molecular complexity index is 1550. The van der Waals surface area contributed by atoms with E-state index in [-0.39, 0.29) is 12.1 Å². The Kier molecular flexibility index (Phi) is 9.16. The molecule has 3 heterocycles. The fraction of sp³-hybridized carbons (Fsp3) is 0.355. The van der Waals surface area contributed by atoms with Crippen LogP contribution in [0.2, 0.25) is 5.02 Å². The normalized spacial score (nSPS) is 13.7. The number of rotatable bonds is 10. The molecule has 10 heteroatoms. The quantitative estimate of drug-likeness (QED) is 0.208. The summed E-state index contributed by atoms with van der Waals surface area (Å²) >= 11 is 6.46. The van der Waals surface area contributed by atoms with Gasteiger partial charge in [0.2, 0.25) is 0 Å². The van der Waals surface area contributed by atoms with E-state index in [0.717, 1.165) is 90.0 Å². The third kappa shape index (κ3) is 6.52. The average molecular weight is 575 g/mol. The number of nitrogens with one attached hydrogen (secondary N) is 3. The molecule has 1 aliphatic heterocycles. The first kappa shape index (κ1) is 28.6. The van der Waals surface area contributed by atoms with Gasteiger partial charge in [0.25, 0.3) is 0 Å². The van der Waals surface area contributed by atoms with Crippen molar-refractivity contribution in [3.63, 3.8) is 0 Å². The Hall–Kier alpha value is -3.95. The minimum Gasteiger partial charge on any atom is -0.381 e. The highest BCUT2D eigenvalue weighted by molar-refractivity contribution is 6.33. The molecular formula is C31H35ClN6O3. The van der Waals surface area contributed by atoms with Gasteiger partial charge in [-0.1, -0.05) is 42.8 Å². The third-order valence-corrected chi connectivity index (χ3v) is 7.75. The number of aryl methyl sites for hydroxylation is 2. The van der Waals surface area contributed by atoms with Crippen LogP contribution in [0.5, 0.6) is 0 Å². The summed E-state index contributed by atoms with van der Waals surface area (Å²) in [6.45, 7) is 6.95. The summed E-state index contributed by atoms with van der Waals surface area (Å²) in [7, 11) is 0. The highest BCUT2D eigenvalue weighted by Crippen LogP contribution is 2.32. The van der Waals surface area contributed by atoms with Crippen molar-refractivity contribution in [1.82, 2.24) is 25.4 Å². The zero-order chi connectivity index (χ0) is 28.8. The maximum atomic E-state index is 12.9. The number of ether oxygens (including phenoxy) is 1. The molecule has 0 radical (unpaired) electrons. The van der Waals surface area contributed by atoms with Crippen molar-refractivity contribution >= 4 is 40.6 Å². The van der Waals surface area contributed by atoms with Crippen LogP contribution in [0.15, 0.2) is 48.7 Å². The average Bonchev–Trinajstić information content (AvgIpc) is 3.43. The van der Waals surface area contributed by atoms with E-state index >= 15 is 0 Å². The summed E-state index contributed by atoms with van der Waals surface area (Å²) in [6.07, 6.45) is 5.24. The smallest absolute Gasteiger partial charge is 0.315 e. The van der Waals surface area contributed by atoms with Gasteiger partial charge in [0.1, 0.15) is 6.29 Å². The molecule has 1 saturated heterocycles. The first-order chi connectivity index (χ1) is 20.0. The topological polar surface area (TPSA) is 110 Å². The summed E-state index contributed by atoms with van der Waals surface area (Å²) in [4.78, 5) is 29.1. The van der Waals surface area contributed by atoms with Gasteiger partial charge in [-0.15, -0.1) is 0 Å². The predicted octanol–water partition coefficient (Wildman–Crippen LogP) is 5.74. The molecule has 2 amide bonds. The van der Waals surface area contributed by atoms with Gasteiger partial charge in [0.05, 0.1) is 17.3 Å². The van der Waals surface area contributed by atoms with Crippen LogP contribution in [0.4, 0.5) is 10.5 Å². The van der Waals surface area contributed by atoms with Gasteiger partial charge in [0, 0.05) is 66.3 Å². The Morgan fingerprint density at radius 2 is 1.93 bits per heavy atom. The van der Waals surface area contributed by atoms with Gasteiger partial charge in [-0.3, -0.25) is 4.79 Å². The van der Waals surface area contributed by atoms with Gasteiger partial charge in [-0.25, -0.2) is 14.5 Å². The fourth-order valence-corrected chi connectivity index (χ4v) is 5.42. The number of nitrogens with zero attached hydrogens (tertiary/aromatic N) is 3. The van der Waals surface area contributed by atoms with Gasteiger partial charge < -0.3 is 20.7 Å². The van der Waals surface area contributed by atoms with E-state index in [9.17, 15) is 9.59 Å². The zero-order valence-electron chi connectivity index (χ0n) is 23.4. The van der Waals surface area contributed by atoms with E-state index in [1.54, 1.807) is 18.2 Å². The van der Waals surface area contributed by atoms with Crippen molar-refractivity contribution in [1.29, 1.82) is 0 Å². The number of fused-ring (bicyclic) bond motifs is 1. The molecule has 41 heavy (non-hydrogen) atoms. The number of aldehydes is 1. The predicted molar refractivity (Wildman–Crippen MR) is 161 cm³/mol. The number of anilines is 1. The number of aromatic nitrogens is 3. The summed E-state index contributed by atoms with van der Waals surface area (Å²) in [6, 6.07) is 12.9. The van der Waals surface area contributed by atoms with Crippen LogP contribution in [0.25, 0.3) is 22.2 Å². The first-order valence-electron chi connectivity index (χ1n) is 14.1. The van der Waals surface area contributed by atoms with Gasteiger partial charge in [0.15, 0.2) is 5.65 Å². The van der Waals surface area contributed by atoms with E-state index in [0.29, 0.717) is 23.7 Å². The lowest BCUT2D eigenvalue weighted by Crippen LogP contribution is -2.35. The number of pyridine rings is 1. The molecule has 3 N–H and O–H groups in total. The van der Waals surface area contributed by atoms with Crippen molar-refractivity contribution in [2.75, 3.05) is 18.5 Å². The van der Waals surface area contributed by atoms with E-state index in [2.05, 4.69) is 34.9 Å². The molecule has 4 aromatic rings. The maximum Gasteiger partial charge on any atom is 0.315 e. The lowest BCUT2D eigenvalue weighted by molar-refractivity contribution is 0.0904. The molecule has 0 aliphatic carbocycles. The molecule has 2 aromatic heterocycles. The minimum absolute atomic E-state index is 0.280. The van der Waals surface area contributed by atoms with Gasteiger partial charge >= 0.3 is 6.03 Å². The van der Waals surface area contributed by atoms with Gasteiger partial charge in [-0.2, -0.15) is 5.10 Å². The SMILES string of the molecule is CCc1nc2c(cnn2CC)c(NC2CCOCC2)c1CNC(=O)NCc1ccc(Cl)c(-c2cccc(C=O)c2)c1. The number of hydrogen-bond acceptors (Lipinski definition) is 6. The van der Waals surface area contributed by atoms with E-state index < -0.39 is 0 Å². The van der Waals surface area contributed by atoms with Crippen LogP contribution in [0.3, 0.4) is 0 Å². The van der Waals surface area contributed by atoms with Crippen molar-refractivity contribution < 1.29 is 14.3 Å². The second-order valence-corrected chi connectivity index (χ2v) is 10.5. The second-order valence-electron chi connectivity index (χ2n) is 10.1. The first-order valence-corrected chi connectivity index (χ1v) is 14.5. The lowest BCUT2D eigenvalue weighted by atomic mass is 10.0. The molecule has 5 rings (SSSR count). The summed E-state index contributed by atoms with van der Waals surface area (Å²) in [5.41, 5.74) is 6.86. The molecular weight excluding hydrogens is 540 g/mol. The lowest BCUT2D eigenvalue weighted by Gasteiger charge is -2.26. The summed E-state index contributed by atoms with van der Waals surface area (Å²) < 4.78 is 7.46. The van der Waals surface area contributed by atoms with Crippen molar-refractivity contribution in [2.45, 2.75) is 58.8 Å². The molecule has 0 saturated carbocycles. The summed E-state index contributed by atoms with van der Waals surface area (Å²) in [5, 5.41) is 15.8. The number of halogens is 1. The molecule has 214 valence electrons. The van der Waals surface area contributed by atoms with Crippen molar-refractivity contribution in [3.05, 3.63) is 76.1 Å². The van der Waals surface area contributed by atoms with Crippen LogP contribution in [0.1, 0.15) is 53.9 Å². The number of carbonyl (C=O) groups is 2. The molecule has 0 bridgehead atoms. The highest BCUT2D eigenvalue weighted by Gasteiger charge is 2.22. The summed E-state index contributed by atoms with van der Waals surface area (Å²) in [5.74, 6) is 0. The number of amides is 2. The molecule has 0 spiro atoms. The second kappa shape index (κ2) is 13.1. The number of hydrogen-bond donors (Lipinski definition) is 3. The Labute approximate surface area is 244 Å². The molecule has 0 atom stereocenters. The minimum atomic E-state index is -0.284. The Morgan fingerprint density at radius 1 is 1.12 bits per heavy atom. The molecule has 0 unspecified atom stereocenters. The molecule has 1 fully saturated rings.